The number of rotatable bonds is 5. The number of imidazole rings is 1. The molecule has 5 nitrogen and oxygen atoms in total. The van der Waals surface area contributed by atoms with Gasteiger partial charge in [0.05, 0.1) is 19.8 Å². The smallest absolute Gasteiger partial charge is 0.120 e. The molecule has 1 fully saturated rings. The second-order valence-electron chi connectivity index (χ2n) is 4.91. The number of H-pyrrole nitrogens is 1. The Morgan fingerprint density at radius 1 is 1.15 bits per heavy atom. The van der Waals surface area contributed by atoms with Gasteiger partial charge in [-0.15, -0.1) is 0 Å². The van der Waals surface area contributed by atoms with E-state index in [4.69, 9.17) is 4.74 Å². The highest BCUT2D eigenvalue weighted by Crippen LogP contribution is 2.16. The van der Waals surface area contributed by atoms with Gasteiger partial charge < -0.3 is 19.9 Å². The predicted molar refractivity (Wildman–Crippen MR) is 78.6 cm³/mol. The first kappa shape index (κ1) is 13.1. The van der Waals surface area contributed by atoms with Crippen molar-refractivity contribution >= 4 is 5.69 Å². The maximum Gasteiger partial charge on any atom is 0.120 e. The molecule has 2 heterocycles. The van der Waals surface area contributed by atoms with Crippen LogP contribution in [0.1, 0.15) is 11.4 Å². The SMILES string of the molecule is c1c[nH]c(CNCc2ccc(N3CCOCC3)cc2)n1. The number of nitrogens with zero attached hydrogens (tertiary/aromatic N) is 2. The second kappa shape index (κ2) is 6.54. The van der Waals surface area contributed by atoms with E-state index in [1.165, 1.54) is 11.3 Å². The molecule has 1 aromatic heterocycles. The van der Waals surface area contributed by atoms with Crippen LogP contribution in [0, 0.1) is 0 Å². The van der Waals surface area contributed by atoms with Gasteiger partial charge in [-0.05, 0) is 17.7 Å². The van der Waals surface area contributed by atoms with Gasteiger partial charge in [-0.3, -0.25) is 0 Å². The van der Waals surface area contributed by atoms with E-state index in [9.17, 15) is 0 Å². The maximum atomic E-state index is 5.37. The average Bonchev–Trinajstić information content (AvgIpc) is 3.02. The summed E-state index contributed by atoms with van der Waals surface area (Å²) in [6.45, 7) is 5.23. The molecule has 1 aliphatic heterocycles. The molecular formula is C15H20N4O. The third-order valence-electron chi connectivity index (χ3n) is 3.49. The van der Waals surface area contributed by atoms with E-state index in [-0.39, 0.29) is 0 Å². The zero-order valence-electron chi connectivity index (χ0n) is 11.5. The number of hydrogen-bond acceptors (Lipinski definition) is 4. The van der Waals surface area contributed by atoms with Crippen LogP contribution in [0.25, 0.3) is 0 Å². The Hall–Kier alpha value is -1.85. The molecule has 1 aromatic carbocycles. The van der Waals surface area contributed by atoms with Crippen molar-refractivity contribution in [2.45, 2.75) is 13.1 Å². The van der Waals surface area contributed by atoms with Crippen molar-refractivity contribution in [1.29, 1.82) is 0 Å². The lowest BCUT2D eigenvalue weighted by molar-refractivity contribution is 0.122. The summed E-state index contributed by atoms with van der Waals surface area (Å²) in [4.78, 5) is 9.63. The molecule has 0 atom stereocenters. The van der Waals surface area contributed by atoms with Crippen LogP contribution >= 0.6 is 0 Å². The number of nitrogens with one attached hydrogen (secondary N) is 2. The van der Waals surface area contributed by atoms with Crippen LogP contribution in [0.15, 0.2) is 36.7 Å². The summed E-state index contributed by atoms with van der Waals surface area (Å²) >= 11 is 0. The fourth-order valence-electron chi connectivity index (χ4n) is 2.37. The number of ether oxygens (including phenoxy) is 1. The predicted octanol–water partition coefficient (Wildman–Crippen LogP) is 1.54. The molecule has 1 saturated heterocycles. The van der Waals surface area contributed by atoms with E-state index in [0.29, 0.717) is 0 Å². The third-order valence-corrected chi connectivity index (χ3v) is 3.49. The Kier molecular flexibility index (Phi) is 4.30. The number of hydrogen-bond donors (Lipinski definition) is 2. The minimum atomic E-state index is 0.762. The lowest BCUT2D eigenvalue weighted by Crippen LogP contribution is -2.36. The Labute approximate surface area is 119 Å². The number of benzene rings is 1. The van der Waals surface area contributed by atoms with Crippen LogP contribution in [0.5, 0.6) is 0 Å². The molecule has 0 unspecified atom stereocenters. The Bertz CT molecular complexity index is 503. The van der Waals surface area contributed by atoms with Gasteiger partial charge in [0, 0.05) is 37.7 Å². The maximum absolute atomic E-state index is 5.37. The fourth-order valence-corrected chi connectivity index (χ4v) is 2.37. The molecule has 5 heteroatoms. The van der Waals surface area contributed by atoms with Gasteiger partial charge in [-0.2, -0.15) is 0 Å². The first-order valence-corrected chi connectivity index (χ1v) is 7.02. The van der Waals surface area contributed by atoms with Crippen LogP contribution in [0.2, 0.25) is 0 Å². The number of morpholine rings is 1. The highest BCUT2D eigenvalue weighted by atomic mass is 16.5. The van der Waals surface area contributed by atoms with Crippen molar-refractivity contribution in [1.82, 2.24) is 15.3 Å². The number of aromatic nitrogens is 2. The van der Waals surface area contributed by atoms with Gasteiger partial charge in [0.2, 0.25) is 0 Å². The quantitative estimate of drug-likeness (QED) is 0.867. The molecule has 1 aliphatic rings. The van der Waals surface area contributed by atoms with Crippen LogP contribution in [0.3, 0.4) is 0 Å². The van der Waals surface area contributed by atoms with Crippen LogP contribution in [-0.2, 0) is 17.8 Å². The Morgan fingerprint density at radius 2 is 1.95 bits per heavy atom. The highest BCUT2D eigenvalue weighted by molar-refractivity contribution is 5.47. The molecule has 2 aromatic rings. The normalized spacial score (nSPS) is 15.5. The van der Waals surface area contributed by atoms with Crippen molar-refractivity contribution < 1.29 is 4.74 Å². The minimum absolute atomic E-state index is 0.762. The van der Waals surface area contributed by atoms with Crippen molar-refractivity contribution in [3.8, 4) is 0 Å². The number of anilines is 1. The van der Waals surface area contributed by atoms with Crippen molar-refractivity contribution in [2.75, 3.05) is 31.2 Å². The van der Waals surface area contributed by atoms with E-state index < -0.39 is 0 Å². The van der Waals surface area contributed by atoms with Crippen molar-refractivity contribution in [3.63, 3.8) is 0 Å². The second-order valence-corrected chi connectivity index (χ2v) is 4.91. The lowest BCUT2D eigenvalue weighted by Gasteiger charge is -2.28. The topological polar surface area (TPSA) is 53.2 Å². The summed E-state index contributed by atoms with van der Waals surface area (Å²) in [5, 5.41) is 3.38. The number of aromatic amines is 1. The first-order valence-electron chi connectivity index (χ1n) is 7.02. The summed E-state index contributed by atoms with van der Waals surface area (Å²) in [5.41, 5.74) is 2.57. The molecule has 2 N–H and O–H groups in total. The Morgan fingerprint density at radius 3 is 2.65 bits per heavy atom. The molecular weight excluding hydrogens is 252 g/mol. The molecule has 106 valence electrons. The monoisotopic (exact) mass is 272 g/mol. The van der Waals surface area contributed by atoms with E-state index in [1.54, 1.807) is 6.20 Å². The largest absolute Gasteiger partial charge is 0.378 e. The molecule has 0 amide bonds. The van der Waals surface area contributed by atoms with Crippen molar-refractivity contribution in [3.05, 3.63) is 48.0 Å². The summed E-state index contributed by atoms with van der Waals surface area (Å²) in [6, 6.07) is 8.74. The zero-order valence-corrected chi connectivity index (χ0v) is 11.5. The molecule has 0 saturated carbocycles. The summed E-state index contributed by atoms with van der Waals surface area (Å²) in [5.74, 6) is 0.968. The van der Waals surface area contributed by atoms with Gasteiger partial charge in [-0.1, -0.05) is 12.1 Å². The summed E-state index contributed by atoms with van der Waals surface area (Å²) in [7, 11) is 0. The molecule has 0 bridgehead atoms. The van der Waals surface area contributed by atoms with Crippen LogP contribution < -0.4 is 10.2 Å². The zero-order chi connectivity index (χ0) is 13.6. The minimum Gasteiger partial charge on any atom is -0.378 e. The van der Waals surface area contributed by atoms with Gasteiger partial charge in [0.1, 0.15) is 5.82 Å². The fraction of sp³-hybridized carbons (Fsp3) is 0.400. The van der Waals surface area contributed by atoms with Gasteiger partial charge in [0.25, 0.3) is 0 Å². The lowest BCUT2D eigenvalue weighted by atomic mass is 10.2. The molecule has 20 heavy (non-hydrogen) atoms. The summed E-state index contributed by atoms with van der Waals surface area (Å²) < 4.78 is 5.37. The molecule has 0 spiro atoms. The van der Waals surface area contributed by atoms with E-state index >= 15 is 0 Å². The van der Waals surface area contributed by atoms with Gasteiger partial charge in [-0.25, -0.2) is 4.98 Å². The molecule has 0 radical (unpaired) electrons. The standard InChI is InChI=1S/C15H20N4O/c1-3-14(19-7-9-20-10-8-19)4-2-13(1)11-16-12-15-17-5-6-18-15/h1-6,16H,7-12H2,(H,17,18). The summed E-state index contributed by atoms with van der Waals surface area (Å²) in [6.07, 6.45) is 3.61. The average molecular weight is 272 g/mol. The van der Waals surface area contributed by atoms with E-state index in [1.807, 2.05) is 6.20 Å². The first-order chi connectivity index (χ1) is 9.92. The molecule has 3 rings (SSSR count). The third kappa shape index (κ3) is 3.37. The van der Waals surface area contributed by atoms with Crippen molar-refractivity contribution in [2.24, 2.45) is 0 Å². The van der Waals surface area contributed by atoms with Crippen LogP contribution in [-0.4, -0.2) is 36.3 Å². The van der Waals surface area contributed by atoms with E-state index in [2.05, 4.69) is 44.5 Å². The van der Waals surface area contributed by atoms with Gasteiger partial charge in [0.15, 0.2) is 0 Å². The van der Waals surface area contributed by atoms with Crippen LogP contribution in [0.4, 0.5) is 5.69 Å². The highest BCUT2D eigenvalue weighted by Gasteiger charge is 2.10. The van der Waals surface area contributed by atoms with E-state index in [0.717, 1.165) is 45.2 Å². The molecule has 0 aliphatic carbocycles. The Balaban J connectivity index is 1.50. The van der Waals surface area contributed by atoms with Gasteiger partial charge >= 0.3 is 0 Å².